The zero-order valence-electron chi connectivity index (χ0n) is 15.0. The number of rotatable bonds is 6. The number of nitrogens with one attached hydrogen (secondary N) is 2. The Morgan fingerprint density at radius 2 is 1.96 bits per heavy atom. The predicted octanol–water partition coefficient (Wildman–Crippen LogP) is 3.54. The first-order valence-electron chi connectivity index (χ1n) is 8.31. The van der Waals surface area contributed by atoms with Gasteiger partial charge < -0.3 is 15.4 Å². The molecule has 5 nitrogen and oxygen atoms in total. The van der Waals surface area contributed by atoms with Crippen LogP contribution in [0.2, 0.25) is 0 Å². The van der Waals surface area contributed by atoms with Crippen molar-refractivity contribution in [3.05, 3.63) is 41.2 Å². The zero-order valence-corrected chi connectivity index (χ0v) is 17.4. The van der Waals surface area contributed by atoms with Gasteiger partial charge in [-0.25, -0.2) is 9.37 Å². The Morgan fingerprint density at radius 3 is 2.59 bits per heavy atom. The summed E-state index contributed by atoms with van der Waals surface area (Å²) in [5, 5.41) is 8.79. The molecule has 1 amide bonds. The Balaban J connectivity index is 0.00000182. The highest BCUT2D eigenvalue weighted by Gasteiger charge is 2.32. The number of ether oxygens (including phenoxy) is 1. The Morgan fingerprint density at radius 1 is 1.30 bits per heavy atom. The van der Waals surface area contributed by atoms with Crippen LogP contribution in [0.4, 0.5) is 4.39 Å². The molecule has 1 aliphatic rings. The van der Waals surface area contributed by atoms with Crippen molar-refractivity contribution >= 4 is 42.1 Å². The van der Waals surface area contributed by atoms with Crippen molar-refractivity contribution in [1.29, 1.82) is 0 Å². The molecular weight excluding hydrogens is 412 g/mol. The number of amides is 1. The second-order valence-corrected chi connectivity index (χ2v) is 7.27. The maximum Gasteiger partial charge on any atom is 0.270 e. The lowest BCUT2D eigenvalue weighted by atomic mass is 9.79. The van der Waals surface area contributed by atoms with Crippen LogP contribution in [-0.2, 0) is 4.74 Å². The molecule has 150 valence electrons. The van der Waals surface area contributed by atoms with Gasteiger partial charge in [0.05, 0.1) is 6.61 Å². The Bertz CT molecular complexity index is 716. The highest BCUT2D eigenvalue weighted by molar-refractivity contribution is 7.13. The van der Waals surface area contributed by atoms with Gasteiger partial charge in [0.15, 0.2) is 0 Å². The topological polar surface area (TPSA) is 63.2 Å². The van der Waals surface area contributed by atoms with Gasteiger partial charge in [-0.1, -0.05) is 0 Å². The quantitative estimate of drug-likeness (QED) is 0.727. The number of aromatic nitrogens is 1. The van der Waals surface area contributed by atoms with Crippen LogP contribution in [0, 0.1) is 11.2 Å². The first-order valence-corrected chi connectivity index (χ1v) is 9.19. The van der Waals surface area contributed by atoms with Crippen LogP contribution in [0.15, 0.2) is 29.6 Å². The molecule has 1 aliphatic heterocycles. The number of nitrogens with zero attached hydrogens (tertiary/aromatic N) is 1. The highest BCUT2D eigenvalue weighted by atomic mass is 35.5. The average Bonchev–Trinajstić information content (AvgIpc) is 3.12. The highest BCUT2D eigenvalue weighted by Crippen LogP contribution is 2.28. The van der Waals surface area contributed by atoms with E-state index in [-0.39, 0.29) is 42.0 Å². The van der Waals surface area contributed by atoms with Gasteiger partial charge in [-0.3, -0.25) is 4.79 Å². The molecule has 0 unspecified atom stereocenters. The lowest BCUT2D eigenvalue weighted by Crippen LogP contribution is -2.47. The molecule has 0 radical (unpaired) electrons. The van der Waals surface area contributed by atoms with Crippen molar-refractivity contribution < 1.29 is 13.9 Å². The number of methoxy groups -OCH3 is 1. The minimum absolute atomic E-state index is 0. The van der Waals surface area contributed by atoms with Crippen molar-refractivity contribution in [2.45, 2.75) is 12.8 Å². The van der Waals surface area contributed by atoms with E-state index in [1.165, 1.54) is 23.5 Å². The second-order valence-electron chi connectivity index (χ2n) is 6.41. The number of benzene rings is 1. The molecule has 2 heterocycles. The van der Waals surface area contributed by atoms with Crippen LogP contribution < -0.4 is 10.6 Å². The van der Waals surface area contributed by atoms with Crippen LogP contribution in [0.1, 0.15) is 23.3 Å². The molecule has 2 aromatic rings. The van der Waals surface area contributed by atoms with Crippen LogP contribution in [-0.4, -0.2) is 44.2 Å². The molecule has 1 fully saturated rings. The molecule has 0 saturated carbocycles. The summed E-state index contributed by atoms with van der Waals surface area (Å²) in [5.74, 6) is -0.470. The van der Waals surface area contributed by atoms with Crippen molar-refractivity contribution in [3.8, 4) is 10.6 Å². The minimum atomic E-state index is -0.288. The molecule has 1 aromatic heterocycles. The number of carbonyl (C=O) groups excluding carboxylic acids is 1. The van der Waals surface area contributed by atoms with Crippen molar-refractivity contribution in [2.24, 2.45) is 5.41 Å². The fraction of sp³-hybridized carbons (Fsp3) is 0.444. The standard InChI is InChI=1S/C18H22FN3O2S.2ClH/c1-24-12-18(6-8-20-9-7-18)11-21-16(23)15-10-25-17(22-15)13-2-4-14(19)5-3-13;;/h2-5,10,20H,6-9,11-12H2,1H3,(H,21,23);2*1H. The number of carbonyl (C=O) groups is 1. The van der Waals surface area contributed by atoms with Crippen molar-refractivity contribution in [2.75, 3.05) is 33.4 Å². The van der Waals surface area contributed by atoms with E-state index in [1.54, 1.807) is 24.6 Å². The van der Waals surface area contributed by atoms with Gasteiger partial charge >= 0.3 is 0 Å². The van der Waals surface area contributed by atoms with E-state index < -0.39 is 0 Å². The number of piperidine rings is 1. The Labute approximate surface area is 174 Å². The van der Waals surface area contributed by atoms with Crippen molar-refractivity contribution in [3.63, 3.8) is 0 Å². The molecule has 0 bridgehead atoms. The number of hydrogen-bond donors (Lipinski definition) is 2. The SMILES string of the molecule is COCC1(CNC(=O)c2csc(-c3ccc(F)cc3)n2)CCNCC1.Cl.Cl. The summed E-state index contributed by atoms with van der Waals surface area (Å²) in [6.45, 7) is 3.08. The molecule has 27 heavy (non-hydrogen) atoms. The third kappa shape index (κ3) is 6.12. The fourth-order valence-electron chi connectivity index (χ4n) is 3.10. The minimum Gasteiger partial charge on any atom is -0.384 e. The number of thiazole rings is 1. The molecule has 2 N–H and O–H groups in total. The summed E-state index contributed by atoms with van der Waals surface area (Å²) in [5.41, 5.74) is 1.18. The van der Waals surface area contributed by atoms with Crippen LogP contribution in [0.5, 0.6) is 0 Å². The van der Waals surface area contributed by atoms with Gasteiger partial charge in [0.2, 0.25) is 0 Å². The molecule has 9 heteroatoms. The summed E-state index contributed by atoms with van der Waals surface area (Å²) in [6, 6.07) is 6.11. The largest absolute Gasteiger partial charge is 0.384 e. The average molecular weight is 436 g/mol. The molecule has 1 saturated heterocycles. The third-order valence-electron chi connectivity index (χ3n) is 4.57. The Kier molecular flexibility index (Phi) is 9.62. The van der Waals surface area contributed by atoms with Crippen LogP contribution in [0.25, 0.3) is 10.6 Å². The summed E-state index contributed by atoms with van der Waals surface area (Å²) in [4.78, 5) is 16.8. The first kappa shape index (κ1) is 23.8. The second kappa shape index (κ2) is 10.9. The molecule has 3 rings (SSSR count). The van der Waals surface area contributed by atoms with E-state index in [4.69, 9.17) is 4.74 Å². The number of hydrogen-bond acceptors (Lipinski definition) is 5. The first-order chi connectivity index (χ1) is 12.1. The van der Waals surface area contributed by atoms with Gasteiger partial charge in [0.25, 0.3) is 5.91 Å². The summed E-state index contributed by atoms with van der Waals surface area (Å²) >= 11 is 1.38. The summed E-state index contributed by atoms with van der Waals surface area (Å²) in [6.07, 6.45) is 1.94. The maximum atomic E-state index is 13.0. The fourth-order valence-corrected chi connectivity index (χ4v) is 3.90. The van der Waals surface area contributed by atoms with E-state index in [2.05, 4.69) is 15.6 Å². The van der Waals surface area contributed by atoms with Gasteiger partial charge in [-0.05, 0) is 50.2 Å². The molecule has 0 aliphatic carbocycles. The maximum absolute atomic E-state index is 13.0. The monoisotopic (exact) mass is 435 g/mol. The van der Waals surface area contributed by atoms with Gasteiger partial charge in [-0.2, -0.15) is 0 Å². The Hall–Kier alpha value is -1.25. The van der Waals surface area contributed by atoms with E-state index in [0.29, 0.717) is 23.9 Å². The third-order valence-corrected chi connectivity index (χ3v) is 5.46. The van der Waals surface area contributed by atoms with E-state index in [9.17, 15) is 9.18 Å². The van der Waals surface area contributed by atoms with Crippen molar-refractivity contribution in [1.82, 2.24) is 15.6 Å². The molecular formula is C18H24Cl2FN3O2S. The van der Waals surface area contributed by atoms with Gasteiger partial charge in [-0.15, -0.1) is 36.2 Å². The van der Waals surface area contributed by atoms with E-state index in [0.717, 1.165) is 31.5 Å². The van der Waals surface area contributed by atoms with E-state index >= 15 is 0 Å². The summed E-state index contributed by atoms with van der Waals surface area (Å²) in [7, 11) is 1.70. The smallest absolute Gasteiger partial charge is 0.270 e. The van der Waals surface area contributed by atoms with Crippen LogP contribution in [0.3, 0.4) is 0 Å². The van der Waals surface area contributed by atoms with Crippen LogP contribution >= 0.6 is 36.2 Å². The summed E-state index contributed by atoms with van der Waals surface area (Å²) < 4.78 is 18.4. The normalized spacial score (nSPS) is 15.3. The lowest BCUT2D eigenvalue weighted by Gasteiger charge is -2.37. The van der Waals surface area contributed by atoms with Gasteiger partial charge in [0.1, 0.15) is 16.5 Å². The lowest BCUT2D eigenvalue weighted by molar-refractivity contribution is 0.0511. The van der Waals surface area contributed by atoms with Gasteiger partial charge in [0, 0.05) is 30.0 Å². The predicted molar refractivity (Wildman–Crippen MR) is 111 cm³/mol. The van der Waals surface area contributed by atoms with E-state index in [1.807, 2.05) is 0 Å². The number of halogens is 3. The molecule has 0 spiro atoms. The molecule has 0 atom stereocenters. The zero-order chi connectivity index (χ0) is 17.7. The molecule has 1 aromatic carbocycles.